The first-order chi connectivity index (χ1) is 24.1. The highest BCUT2D eigenvalue weighted by Crippen LogP contribution is 2.34. The third-order valence-corrected chi connectivity index (χ3v) is 9.01. The monoisotopic (exact) mass is 748 g/mol. The van der Waals surface area contributed by atoms with Gasteiger partial charge in [0.05, 0.1) is 26.4 Å². The van der Waals surface area contributed by atoms with Crippen molar-refractivity contribution in [3.63, 3.8) is 0 Å². The second-order valence-corrected chi connectivity index (χ2v) is 12.6. The molecule has 2 amide bonds. The number of aliphatic hydroxyl groups excluding tert-OH is 12. The maximum Gasteiger partial charge on any atom is 0.217 e. The molecule has 0 unspecified atom stereocenters. The van der Waals surface area contributed by atoms with E-state index in [9.17, 15) is 70.9 Å². The highest BCUT2D eigenvalue weighted by atomic mass is 16.8. The molecule has 4 aliphatic heterocycles. The maximum atomic E-state index is 12.2. The Morgan fingerprint density at radius 3 is 1.37 bits per heavy atom. The van der Waals surface area contributed by atoms with Gasteiger partial charge in [0.15, 0.2) is 25.2 Å². The Kier molecular flexibility index (Phi) is 14.8. The van der Waals surface area contributed by atoms with Crippen molar-refractivity contribution in [3.05, 3.63) is 0 Å². The number of nitrogens with one attached hydrogen (secondary N) is 2. The first kappa shape index (κ1) is 41.9. The van der Waals surface area contributed by atoms with Crippen LogP contribution < -0.4 is 10.6 Å². The Labute approximate surface area is 289 Å². The van der Waals surface area contributed by atoms with Gasteiger partial charge < -0.3 is 105 Å². The summed E-state index contributed by atoms with van der Waals surface area (Å²) in [6.45, 7) is -1.26. The SMILES string of the molecule is CC(=O)N[C@H]1[C@H](O[C@H]2[C@@H](O)[C@H](O[C@@H]3O[C@H](CO)[C@@H](O)[C@H](O)[C@H]3NC(C)=O)[C@@H](CO)O[C@@H]2O)O[C@H](CO)[C@@H](O[C@@H]2O[C@H](CO)[C@H](O)[C@H](O)[C@H]2O)[C@@H]1O. The molecule has 0 aromatic carbocycles. The van der Waals surface area contributed by atoms with Gasteiger partial charge in [-0.05, 0) is 0 Å². The smallest absolute Gasteiger partial charge is 0.217 e. The number of carbonyl (C=O) groups is 2. The molecule has 0 aromatic rings. The van der Waals surface area contributed by atoms with Crippen molar-refractivity contribution >= 4 is 11.8 Å². The standard InChI is InChI=1S/C28H48N2O21/c1-7(35)29-13-17(39)15(37)9(3-31)46-26(13)49-23-11(5-33)45-25(44)24(21(23)43)51-27-14(30-8(2)36)18(40)22(12(6-34)48-27)50-28-20(42)19(41)16(38)10(4-32)47-28/h9-28,31-34,37-44H,3-6H2,1-2H3,(H,29,35)(H,30,36)/t9-,10-,11-,12-,13-,14-,15-,16+,17-,18-,19+,20-,21+,22-,23-,24+,25+,26+,27+,28+/m1/s1. The first-order valence-corrected chi connectivity index (χ1v) is 16.1. The Morgan fingerprint density at radius 1 is 0.471 bits per heavy atom. The van der Waals surface area contributed by atoms with Crippen LogP contribution in [-0.4, -0.2) is 222 Å². The third-order valence-electron chi connectivity index (χ3n) is 9.01. The zero-order chi connectivity index (χ0) is 37.9. The van der Waals surface area contributed by atoms with Gasteiger partial charge in [0.25, 0.3) is 0 Å². The molecule has 0 bridgehead atoms. The van der Waals surface area contributed by atoms with E-state index in [0.29, 0.717) is 0 Å². The number of hydrogen-bond acceptors (Lipinski definition) is 21. The summed E-state index contributed by atoms with van der Waals surface area (Å²) in [5, 5.41) is 129. The molecule has 0 aromatic heterocycles. The van der Waals surface area contributed by atoms with Crippen LogP contribution in [0.25, 0.3) is 0 Å². The van der Waals surface area contributed by atoms with Gasteiger partial charge in [-0.15, -0.1) is 0 Å². The molecular formula is C28H48N2O21. The summed E-state index contributed by atoms with van der Waals surface area (Å²) in [5.41, 5.74) is 0. The summed E-state index contributed by atoms with van der Waals surface area (Å²) in [6, 6.07) is -3.10. The fourth-order valence-corrected chi connectivity index (χ4v) is 6.34. The van der Waals surface area contributed by atoms with Crippen LogP contribution in [0.1, 0.15) is 13.8 Å². The normalized spacial score (nSPS) is 47.8. The van der Waals surface area contributed by atoms with Crippen molar-refractivity contribution < 1.29 is 104 Å². The second kappa shape index (κ2) is 18.0. The van der Waals surface area contributed by atoms with Crippen LogP contribution in [-0.2, 0) is 42.7 Å². The van der Waals surface area contributed by atoms with E-state index >= 15 is 0 Å². The van der Waals surface area contributed by atoms with Crippen molar-refractivity contribution in [1.82, 2.24) is 10.6 Å². The highest BCUT2D eigenvalue weighted by molar-refractivity contribution is 5.73. The minimum atomic E-state index is -2.05. The molecule has 51 heavy (non-hydrogen) atoms. The van der Waals surface area contributed by atoms with Gasteiger partial charge in [0, 0.05) is 13.8 Å². The second-order valence-electron chi connectivity index (χ2n) is 12.6. The number of aliphatic hydroxyl groups is 12. The van der Waals surface area contributed by atoms with Crippen molar-refractivity contribution in [3.8, 4) is 0 Å². The summed E-state index contributed by atoms with van der Waals surface area (Å²) in [4.78, 5) is 24.1. The lowest BCUT2D eigenvalue weighted by molar-refractivity contribution is -0.379. The van der Waals surface area contributed by atoms with Gasteiger partial charge in [0.2, 0.25) is 11.8 Å². The zero-order valence-electron chi connectivity index (χ0n) is 27.4. The summed E-state index contributed by atoms with van der Waals surface area (Å²) < 4.78 is 39.3. The lowest BCUT2D eigenvalue weighted by Gasteiger charge is -2.50. The molecule has 0 aliphatic carbocycles. The van der Waals surface area contributed by atoms with Gasteiger partial charge in [-0.25, -0.2) is 0 Å². The number of ether oxygens (including phenoxy) is 7. The molecule has 0 radical (unpaired) electrons. The van der Waals surface area contributed by atoms with Gasteiger partial charge in [-0.3, -0.25) is 9.59 Å². The average molecular weight is 749 g/mol. The van der Waals surface area contributed by atoms with Crippen LogP contribution in [0.2, 0.25) is 0 Å². The molecule has 14 N–H and O–H groups in total. The fraction of sp³-hybridized carbons (Fsp3) is 0.929. The Bertz CT molecular complexity index is 1140. The van der Waals surface area contributed by atoms with E-state index in [1.165, 1.54) is 0 Å². The van der Waals surface area contributed by atoms with Crippen LogP contribution in [0.3, 0.4) is 0 Å². The zero-order valence-corrected chi connectivity index (χ0v) is 27.4. The molecule has 20 atom stereocenters. The Balaban J connectivity index is 1.57. The van der Waals surface area contributed by atoms with Crippen LogP contribution >= 0.6 is 0 Å². The minimum Gasteiger partial charge on any atom is -0.394 e. The third kappa shape index (κ3) is 9.11. The molecule has 23 nitrogen and oxygen atoms in total. The lowest BCUT2D eigenvalue weighted by Crippen LogP contribution is -2.70. The summed E-state index contributed by atoms with van der Waals surface area (Å²) in [6.07, 6.45) is -31.3. The van der Waals surface area contributed by atoms with E-state index in [0.717, 1.165) is 13.8 Å². The minimum absolute atomic E-state index is 0.689. The van der Waals surface area contributed by atoms with Crippen molar-refractivity contribution in [2.45, 2.75) is 137 Å². The highest BCUT2D eigenvalue weighted by Gasteiger charge is 2.55. The first-order valence-electron chi connectivity index (χ1n) is 16.1. The molecular weight excluding hydrogens is 700 g/mol. The number of rotatable bonds is 12. The van der Waals surface area contributed by atoms with Crippen molar-refractivity contribution in [2.75, 3.05) is 26.4 Å². The number of carbonyl (C=O) groups excluding carboxylic acids is 2. The quantitative estimate of drug-likeness (QED) is 0.0881. The van der Waals surface area contributed by atoms with Gasteiger partial charge in [-0.2, -0.15) is 0 Å². The van der Waals surface area contributed by atoms with Crippen LogP contribution in [0.15, 0.2) is 0 Å². The van der Waals surface area contributed by atoms with E-state index in [1.54, 1.807) is 0 Å². The van der Waals surface area contributed by atoms with E-state index in [2.05, 4.69) is 10.6 Å². The summed E-state index contributed by atoms with van der Waals surface area (Å²) in [7, 11) is 0. The number of amides is 2. The van der Waals surface area contributed by atoms with E-state index in [4.69, 9.17) is 33.2 Å². The molecule has 4 saturated heterocycles. The topological polar surface area (TPSA) is 366 Å². The maximum absolute atomic E-state index is 12.2. The van der Waals surface area contributed by atoms with E-state index in [1.807, 2.05) is 0 Å². The van der Waals surface area contributed by atoms with Crippen LogP contribution in [0.4, 0.5) is 0 Å². The predicted octanol–water partition coefficient (Wildman–Crippen LogP) is -9.46. The Hall–Kier alpha value is -1.82. The lowest BCUT2D eigenvalue weighted by atomic mass is 9.94. The predicted molar refractivity (Wildman–Crippen MR) is 157 cm³/mol. The molecule has 0 spiro atoms. The van der Waals surface area contributed by atoms with Crippen LogP contribution in [0.5, 0.6) is 0 Å². The van der Waals surface area contributed by atoms with Gasteiger partial charge in [0.1, 0.15) is 97.5 Å². The molecule has 296 valence electrons. The van der Waals surface area contributed by atoms with Crippen LogP contribution in [0, 0.1) is 0 Å². The molecule has 0 saturated carbocycles. The van der Waals surface area contributed by atoms with Gasteiger partial charge in [-0.1, -0.05) is 0 Å². The van der Waals surface area contributed by atoms with Gasteiger partial charge >= 0.3 is 0 Å². The molecule has 23 heteroatoms. The summed E-state index contributed by atoms with van der Waals surface area (Å²) >= 11 is 0. The molecule has 4 heterocycles. The number of hydrogen-bond donors (Lipinski definition) is 14. The average Bonchev–Trinajstić information content (AvgIpc) is 3.09. The molecule has 4 rings (SSSR count). The fourth-order valence-electron chi connectivity index (χ4n) is 6.34. The van der Waals surface area contributed by atoms with Crippen molar-refractivity contribution in [1.29, 1.82) is 0 Å². The van der Waals surface area contributed by atoms with E-state index < -0.39 is 161 Å². The van der Waals surface area contributed by atoms with E-state index in [-0.39, 0.29) is 0 Å². The van der Waals surface area contributed by atoms with Crippen molar-refractivity contribution in [2.24, 2.45) is 0 Å². The Morgan fingerprint density at radius 2 is 0.863 bits per heavy atom. The summed E-state index contributed by atoms with van der Waals surface area (Å²) in [5.74, 6) is -1.45. The molecule has 4 fully saturated rings. The molecule has 4 aliphatic rings. The largest absolute Gasteiger partial charge is 0.394 e.